The van der Waals surface area contributed by atoms with Crippen molar-refractivity contribution < 1.29 is 4.42 Å². The summed E-state index contributed by atoms with van der Waals surface area (Å²) < 4.78 is 9.26. The first-order valence-corrected chi connectivity index (χ1v) is 12.1. The highest BCUT2D eigenvalue weighted by molar-refractivity contribution is 7.98. The number of nitrogens with zero attached hydrogens (tertiary/aromatic N) is 6. The standard InChI is InChI=1S/C23H24N6O2S/c1-14(18-12-15-8-9-16(18)11-15)29-21(20-7-4-10-31-20)25-26-23(29)32-13-28-22(30)17-5-2-3-6-19(17)24-27-28/h2-7,10,14-16,18H,8-9,11-13H2,1H3. The van der Waals surface area contributed by atoms with E-state index in [9.17, 15) is 4.79 Å². The molecular weight excluding hydrogens is 424 g/mol. The molecule has 2 aliphatic carbocycles. The zero-order valence-corrected chi connectivity index (χ0v) is 18.6. The molecule has 4 atom stereocenters. The molecule has 0 amide bonds. The molecule has 2 bridgehead atoms. The molecule has 3 aromatic heterocycles. The van der Waals surface area contributed by atoms with Crippen molar-refractivity contribution in [2.75, 3.05) is 0 Å². The fraction of sp³-hybridized carbons (Fsp3) is 0.435. The fourth-order valence-corrected chi connectivity index (χ4v) is 6.52. The van der Waals surface area contributed by atoms with E-state index in [-0.39, 0.29) is 11.6 Å². The number of benzene rings is 1. The third kappa shape index (κ3) is 3.26. The summed E-state index contributed by atoms with van der Waals surface area (Å²) in [6, 6.07) is 11.3. The van der Waals surface area contributed by atoms with E-state index < -0.39 is 0 Å². The molecule has 32 heavy (non-hydrogen) atoms. The van der Waals surface area contributed by atoms with E-state index in [1.54, 1.807) is 18.4 Å². The Labute approximate surface area is 189 Å². The van der Waals surface area contributed by atoms with Crippen molar-refractivity contribution in [2.24, 2.45) is 17.8 Å². The van der Waals surface area contributed by atoms with E-state index in [1.807, 2.05) is 24.3 Å². The predicted octanol–water partition coefficient (Wildman–Crippen LogP) is 4.39. The number of hydrogen-bond acceptors (Lipinski definition) is 7. The van der Waals surface area contributed by atoms with Crippen molar-refractivity contribution >= 4 is 22.7 Å². The van der Waals surface area contributed by atoms with Crippen LogP contribution >= 0.6 is 11.8 Å². The zero-order valence-electron chi connectivity index (χ0n) is 17.8. The second kappa shape index (κ2) is 7.88. The number of aromatic nitrogens is 6. The van der Waals surface area contributed by atoms with Gasteiger partial charge in [0, 0.05) is 6.04 Å². The van der Waals surface area contributed by atoms with Crippen LogP contribution in [0.3, 0.4) is 0 Å². The van der Waals surface area contributed by atoms with Gasteiger partial charge in [0.25, 0.3) is 5.56 Å². The van der Waals surface area contributed by atoms with Gasteiger partial charge in [0.15, 0.2) is 10.9 Å². The summed E-state index contributed by atoms with van der Waals surface area (Å²) in [5.41, 5.74) is 0.452. The average molecular weight is 449 g/mol. The molecular formula is C23H24N6O2S. The predicted molar refractivity (Wildman–Crippen MR) is 121 cm³/mol. The lowest BCUT2D eigenvalue weighted by atomic mass is 9.84. The lowest BCUT2D eigenvalue weighted by molar-refractivity contribution is 0.235. The van der Waals surface area contributed by atoms with Crippen LogP contribution in [0.15, 0.2) is 57.0 Å². The fourth-order valence-electron chi connectivity index (χ4n) is 5.62. The van der Waals surface area contributed by atoms with Crippen molar-refractivity contribution in [1.82, 2.24) is 29.8 Å². The summed E-state index contributed by atoms with van der Waals surface area (Å²) in [4.78, 5) is 12.8. The smallest absolute Gasteiger partial charge is 0.278 e. The highest BCUT2D eigenvalue weighted by atomic mass is 32.2. The number of furan rings is 1. The summed E-state index contributed by atoms with van der Waals surface area (Å²) in [7, 11) is 0. The molecule has 1 aromatic carbocycles. The van der Waals surface area contributed by atoms with Gasteiger partial charge in [-0.3, -0.25) is 9.36 Å². The minimum absolute atomic E-state index is 0.151. The molecule has 164 valence electrons. The van der Waals surface area contributed by atoms with Gasteiger partial charge in [-0.25, -0.2) is 0 Å². The normalized spacial score (nSPS) is 23.2. The minimum Gasteiger partial charge on any atom is -0.461 e. The Morgan fingerprint density at radius 1 is 1.12 bits per heavy atom. The van der Waals surface area contributed by atoms with Crippen molar-refractivity contribution in [3.05, 3.63) is 53.0 Å². The molecule has 6 rings (SSSR count). The van der Waals surface area contributed by atoms with Crippen LogP contribution in [0.4, 0.5) is 0 Å². The van der Waals surface area contributed by atoms with E-state index in [0.717, 1.165) is 22.8 Å². The van der Waals surface area contributed by atoms with Crippen LogP contribution in [0.5, 0.6) is 0 Å². The molecule has 2 aliphatic rings. The quantitative estimate of drug-likeness (QED) is 0.404. The first-order valence-electron chi connectivity index (χ1n) is 11.1. The maximum absolute atomic E-state index is 12.8. The Bertz CT molecular complexity index is 1310. The zero-order chi connectivity index (χ0) is 21.7. The highest BCUT2D eigenvalue weighted by Gasteiger charge is 2.43. The molecule has 2 fully saturated rings. The third-order valence-electron chi connectivity index (χ3n) is 7.17. The number of thioether (sulfide) groups is 1. The molecule has 4 unspecified atom stereocenters. The van der Waals surface area contributed by atoms with Crippen molar-refractivity contribution in [3.63, 3.8) is 0 Å². The second-order valence-corrected chi connectivity index (χ2v) is 9.83. The van der Waals surface area contributed by atoms with Crippen molar-refractivity contribution in [2.45, 2.75) is 49.7 Å². The molecule has 0 N–H and O–H groups in total. The molecule has 0 radical (unpaired) electrons. The Morgan fingerprint density at radius 2 is 2.03 bits per heavy atom. The lowest BCUT2D eigenvalue weighted by Crippen LogP contribution is -2.25. The van der Waals surface area contributed by atoms with Gasteiger partial charge in [-0.05, 0) is 68.2 Å². The van der Waals surface area contributed by atoms with Gasteiger partial charge < -0.3 is 4.42 Å². The van der Waals surface area contributed by atoms with Crippen LogP contribution in [-0.2, 0) is 5.88 Å². The van der Waals surface area contributed by atoms with Gasteiger partial charge in [-0.15, -0.1) is 15.3 Å². The maximum Gasteiger partial charge on any atom is 0.278 e. The van der Waals surface area contributed by atoms with E-state index in [2.05, 4.69) is 32.0 Å². The second-order valence-electron chi connectivity index (χ2n) is 8.92. The summed E-state index contributed by atoms with van der Waals surface area (Å²) in [5.74, 6) is 4.01. The van der Waals surface area contributed by atoms with Crippen LogP contribution < -0.4 is 5.56 Å². The summed E-state index contributed by atoms with van der Waals surface area (Å²) in [6.07, 6.45) is 6.96. The molecule has 2 saturated carbocycles. The van der Waals surface area contributed by atoms with Crippen LogP contribution in [0.2, 0.25) is 0 Å². The SMILES string of the molecule is CC(C1CC2CCC1C2)n1c(SCn2nnc3ccccc3c2=O)nnc1-c1ccco1. The number of hydrogen-bond donors (Lipinski definition) is 0. The van der Waals surface area contributed by atoms with Crippen LogP contribution in [0.25, 0.3) is 22.5 Å². The van der Waals surface area contributed by atoms with Gasteiger partial charge in [0.1, 0.15) is 5.52 Å². The third-order valence-corrected chi connectivity index (χ3v) is 8.08. The first-order chi connectivity index (χ1) is 15.7. The van der Waals surface area contributed by atoms with Gasteiger partial charge in [0.2, 0.25) is 5.82 Å². The minimum atomic E-state index is -0.151. The van der Waals surface area contributed by atoms with E-state index in [0.29, 0.717) is 28.5 Å². The Kier molecular flexibility index (Phi) is 4.86. The first kappa shape index (κ1) is 19.7. The molecule has 0 spiro atoms. The highest BCUT2D eigenvalue weighted by Crippen LogP contribution is 2.53. The lowest BCUT2D eigenvalue weighted by Gasteiger charge is -2.30. The molecule has 0 saturated heterocycles. The number of fused-ring (bicyclic) bond motifs is 3. The van der Waals surface area contributed by atoms with Crippen LogP contribution in [0, 0.1) is 17.8 Å². The molecule has 9 heteroatoms. The Balaban J connectivity index is 1.33. The van der Waals surface area contributed by atoms with Crippen molar-refractivity contribution in [1.29, 1.82) is 0 Å². The Morgan fingerprint density at radius 3 is 2.81 bits per heavy atom. The summed E-state index contributed by atoms with van der Waals surface area (Å²) in [5, 5.41) is 18.6. The average Bonchev–Trinajstić information content (AvgIpc) is 3.62. The molecule has 8 nitrogen and oxygen atoms in total. The van der Waals surface area contributed by atoms with Gasteiger partial charge >= 0.3 is 0 Å². The Hall–Kier alpha value is -2.94. The molecule has 0 aliphatic heterocycles. The van der Waals surface area contributed by atoms with E-state index >= 15 is 0 Å². The van der Waals surface area contributed by atoms with Gasteiger partial charge in [-0.1, -0.05) is 35.5 Å². The topological polar surface area (TPSA) is 91.6 Å². The maximum atomic E-state index is 12.8. The monoisotopic (exact) mass is 448 g/mol. The number of rotatable bonds is 6. The van der Waals surface area contributed by atoms with E-state index in [4.69, 9.17) is 4.42 Å². The summed E-state index contributed by atoms with van der Waals surface area (Å²) >= 11 is 1.46. The molecule has 3 heterocycles. The van der Waals surface area contributed by atoms with Crippen molar-refractivity contribution in [3.8, 4) is 11.6 Å². The van der Waals surface area contributed by atoms with E-state index in [1.165, 1.54) is 42.1 Å². The van der Waals surface area contributed by atoms with Gasteiger partial charge in [0.05, 0.1) is 17.5 Å². The molecule has 4 aromatic rings. The van der Waals surface area contributed by atoms with Crippen LogP contribution in [-0.4, -0.2) is 29.8 Å². The summed E-state index contributed by atoms with van der Waals surface area (Å²) in [6.45, 7) is 2.27. The van der Waals surface area contributed by atoms with Crippen LogP contribution in [0.1, 0.15) is 38.6 Å². The van der Waals surface area contributed by atoms with Gasteiger partial charge in [-0.2, -0.15) is 4.68 Å². The largest absolute Gasteiger partial charge is 0.461 e.